The highest BCUT2D eigenvalue weighted by atomic mass is 16.7. The second kappa shape index (κ2) is 15.0. The number of imidazole rings is 1. The largest absolute Gasteiger partial charge is 0.489 e. The van der Waals surface area contributed by atoms with Gasteiger partial charge in [0, 0.05) is 44.5 Å². The Labute approximate surface area is 260 Å². The van der Waals surface area contributed by atoms with Gasteiger partial charge >= 0.3 is 6.09 Å². The molecule has 240 valence electrons. The number of aromatic nitrogens is 3. The van der Waals surface area contributed by atoms with Gasteiger partial charge in [-0.15, -0.1) is 0 Å². The number of nitrogens with zero attached hydrogens (tertiary/aromatic N) is 4. The molecule has 0 bridgehead atoms. The average molecular weight is 609 g/mol. The van der Waals surface area contributed by atoms with Crippen LogP contribution >= 0.6 is 0 Å². The fraction of sp³-hybridized carbons (Fsp3) is 0.606. The van der Waals surface area contributed by atoms with Crippen molar-refractivity contribution in [3.63, 3.8) is 0 Å². The number of hydrogen-bond acceptors (Lipinski definition) is 9. The Morgan fingerprint density at radius 2 is 1.86 bits per heavy atom. The van der Waals surface area contributed by atoms with Gasteiger partial charge < -0.3 is 39.0 Å². The van der Waals surface area contributed by atoms with E-state index in [-0.39, 0.29) is 12.4 Å². The van der Waals surface area contributed by atoms with E-state index in [9.17, 15) is 4.79 Å². The molecule has 0 aliphatic carbocycles. The molecule has 4 heterocycles. The van der Waals surface area contributed by atoms with Gasteiger partial charge in [-0.25, -0.2) is 9.78 Å². The van der Waals surface area contributed by atoms with Crippen molar-refractivity contribution in [3.8, 4) is 5.75 Å². The molecule has 2 N–H and O–H groups in total. The standard InChI is InChI=1S/C33H48N6O5/c1-24-12-13-29(41-21-22-43-30-11-7-8-20-42-30)27(35-24)23-39-28-10-6-5-9-26(28)37-31(39)36-25-14-17-38(18-15-25)19-16-34-32(40)44-33(2,3)4/h5-6,9-10,12-13,25,30H,7-8,11,14-23H2,1-4H3,(H,34,40)(H,36,37). The summed E-state index contributed by atoms with van der Waals surface area (Å²) < 4.78 is 25.3. The van der Waals surface area contributed by atoms with E-state index in [1.807, 2.05) is 58.0 Å². The van der Waals surface area contributed by atoms with Gasteiger partial charge in [0.05, 0.1) is 24.2 Å². The zero-order chi connectivity index (χ0) is 30.9. The number of anilines is 1. The number of benzene rings is 1. The number of hydrogen-bond donors (Lipinski definition) is 2. The highest BCUT2D eigenvalue weighted by Crippen LogP contribution is 2.26. The Morgan fingerprint density at radius 1 is 1.05 bits per heavy atom. The van der Waals surface area contributed by atoms with Crippen LogP contribution in [0.2, 0.25) is 0 Å². The molecule has 2 saturated heterocycles. The van der Waals surface area contributed by atoms with Gasteiger partial charge in [-0.3, -0.25) is 4.98 Å². The average Bonchev–Trinajstić information content (AvgIpc) is 3.33. The number of nitrogens with one attached hydrogen (secondary N) is 2. The topological polar surface area (TPSA) is 112 Å². The smallest absolute Gasteiger partial charge is 0.407 e. The van der Waals surface area contributed by atoms with Crippen molar-refractivity contribution in [3.05, 3.63) is 47.8 Å². The number of aryl methyl sites for hydroxylation is 1. The van der Waals surface area contributed by atoms with Crippen LogP contribution in [0.4, 0.5) is 10.7 Å². The first kappa shape index (κ1) is 32.0. The van der Waals surface area contributed by atoms with Crippen molar-refractivity contribution < 1.29 is 23.7 Å². The van der Waals surface area contributed by atoms with Crippen LogP contribution in [0, 0.1) is 6.92 Å². The van der Waals surface area contributed by atoms with Gasteiger partial charge in [0.15, 0.2) is 6.29 Å². The van der Waals surface area contributed by atoms with Crippen LogP contribution in [0.3, 0.4) is 0 Å². The van der Waals surface area contributed by atoms with E-state index in [1.54, 1.807) is 0 Å². The molecule has 1 atom stereocenters. The normalized spacial score (nSPS) is 18.3. The molecule has 44 heavy (non-hydrogen) atoms. The van der Waals surface area contributed by atoms with Gasteiger partial charge in [0.2, 0.25) is 5.95 Å². The predicted molar refractivity (Wildman–Crippen MR) is 170 cm³/mol. The number of rotatable bonds is 12. The van der Waals surface area contributed by atoms with Crippen molar-refractivity contribution in [2.45, 2.75) is 84.3 Å². The summed E-state index contributed by atoms with van der Waals surface area (Å²) in [6.07, 6.45) is 4.64. The number of carbonyl (C=O) groups is 1. The first-order chi connectivity index (χ1) is 21.2. The predicted octanol–water partition coefficient (Wildman–Crippen LogP) is 5.11. The molecule has 0 spiro atoms. The summed E-state index contributed by atoms with van der Waals surface area (Å²) >= 11 is 0. The quantitative estimate of drug-likeness (QED) is 0.271. The number of likely N-dealkylation sites (tertiary alicyclic amines) is 1. The Bertz CT molecular complexity index is 1360. The monoisotopic (exact) mass is 608 g/mol. The lowest BCUT2D eigenvalue weighted by molar-refractivity contribution is -0.165. The summed E-state index contributed by atoms with van der Waals surface area (Å²) in [6.45, 7) is 13.0. The third kappa shape index (κ3) is 9.30. The number of piperidine rings is 1. The number of carbonyl (C=O) groups excluding carboxylic acids is 1. The van der Waals surface area contributed by atoms with Crippen molar-refractivity contribution in [2.24, 2.45) is 0 Å². The molecular weight excluding hydrogens is 560 g/mol. The molecule has 11 nitrogen and oxygen atoms in total. The second-order valence-corrected chi connectivity index (χ2v) is 12.6. The number of pyridine rings is 1. The summed E-state index contributed by atoms with van der Waals surface area (Å²) in [4.78, 5) is 24.2. The Hall–Kier alpha value is -3.41. The zero-order valence-electron chi connectivity index (χ0n) is 26.6. The summed E-state index contributed by atoms with van der Waals surface area (Å²) in [5.41, 5.74) is 3.29. The van der Waals surface area contributed by atoms with E-state index in [1.165, 1.54) is 0 Å². The molecule has 0 radical (unpaired) electrons. The molecule has 1 unspecified atom stereocenters. The number of amides is 1. The third-order valence-electron chi connectivity index (χ3n) is 7.83. The van der Waals surface area contributed by atoms with Gasteiger partial charge in [-0.05, 0) is 84.1 Å². The highest BCUT2D eigenvalue weighted by molar-refractivity contribution is 5.78. The fourth-order valence-corrected chi connectivity index (χ4v) is 5.63. The van der Waals surface area contributed by atoms with Gasteiger partial charge in [-0.1, -0.05) is 12.1 Å². The summed E-state index contributed by atoms with van der Waals surface area (Å²) in [5.74, 6) is 1.59. The zero-order valence-corrected chi connectivity index (χ0v) is 26.6. The Kier molecular flexibility index (Phi) is 10.9. The second-order valence-electron chi connectivity index (χ2n) is 12.6. The van der Waals surface area contributed by atoms with Crippen LogP contribution < -0.4 is 15.4 Å². The van der Waals surface area contributed by atoms with Crippen molar-refractivity contribution >= 4 is 23.1 Å². The van der Waals surface area contributed by atoms with Crippen LogP contribution in [-0.4, -0.2) is 89.5 Å². The van der Waals surface area contributed by atoms with E-state index >= 15 is 0 Å². The lowest BCUT2D eigenvalue weighted by Crippen LogP contribution is -2.43. The summed E-state index contributed by atoms with van der Waals surface area (Å²) in [5, 5.41) is 6.60. The highest BCUT2D eigenvalue weighted by Gasteiger charge is 2.23. The molecule has 0 saturated carbocycles. The lowest BCUT2D eigenvalue weighted by Gasteiger charge is -2.32. The Morgan fingerprint density at radius 3 is 2.64 bits per heavy atom. The van der Waals surface area contributed by atoms with Gasteiger partial charge in [-0.2, -0.15) is 0 Å². The van der Waals surface area contributed by atoms with Crippen LogP contribution in [-0.2, 0) is 20.8 Å². The van der Waals surface area contributed by atoms with E-state index in [0.29, 0.717) is 32.3 Å². The van der Waals surface area contributed by atoms with Crippen LogP contribution in [0.1, 0.15) is 64.3 Å². The molecule has 3 aromatic rings. The summed E-state index contributed by atoms with van der Waals surface area (Å²) in [7, 11) is 0. The number of alkyl carbamates (subject to hydrolysis) is 1. The van der Waals surface area contributed by atoms with E-state index < -0.39 is 5.60 Å². The first-order valence-corrected chi connectivity index (χ1v) is 16.0. The minimum absolute atomic E-state index is 0.130. The maximum atomic E-state index is 12.0. The van der Waals surface area contributed by atoms with E-state index in [0.717, 1.165) is 92.5 Å². The molecule has 2 aliphatic heterocycles. The van der Waals surface area contributed by atoms with E-state index in [4.69, 9.17) is 28.9 Å². The van der Waals surface area contributed by atoms with Crippen LogP contribution in [0.15, 0.2) is 36.4 Å². The summed E-state index contributed by atoms with van der Waals surface area (Å²) in [6, 6.07) is 12.5. The van der Waals surface area contributed by atoms with Crippen molar-refractivity contribution in [1.82, 2.24) is 24.8 Å². The fourth-order valence-electron chi connectivity index (χ4n) is 5.63. The number of fused-ring (bicyclic) bond motifs is 1. The molecule has 2 aromatic heterocycles. The molecule has 2 aliphatic rings. The van der Waals surface area contributed by atoms with Crippen molar-refractivity contribution in [2.75, 3.05) is 51.3 Å². The SMILES string of the molecule is Cc1ccc(OCCOC2CCCCO2)c(Cn2c(NC3CCN(CCNC(=O)OC(C)(C)C)CC3)nc3ccccc32)n1. The minimum Gasteiger partial charge on any atom is -0.489 e. The molecule has 2 fully saturated rings. The Balaban J connectivity index is 1.18. The van der Waals surface area contributed by atoms with Crippen LogP contribution in [0.5, 0.6) is 5.75 Å². The molecular formula is C33H48N6O5. The lowest BCUT2D eigenvalue weighted by atomic mass is 10.1. The maximum absolute atomic E-state index is 12.0. The molecule has 11 heteroatoms. The van der Waals surface area contributed by atoms with Gasteiger partial charge in [0.1, 0.15) is 23.7 Å². The third-order valence-corrected chi connectivity index (χ3v) is 7.83. The van der Waals surface area contributed by atoms with Gasteiger partial charge in [0.25, 0.3) is 0 Å². The number of para-hydroxylation sites is 2. The number of ether oxygens (including phenoxy) is 4. The minimum atomic E-state index is -0.493. The first-order valence-electron chi connectivity index (χ1n) is 16.0. The molecule has 1 aromatic carbocycles. The van der Waals surface area contributed by atoms with Crippen molar-refractivity contribution in [1.29, 1.82) is 0 Å². The van der Waals surface area contributed by atoms with Crippen LogP contribution in [0.25, 0.3) is 11.0 Å². The van der Waals surface area contributed by atoms with E-state index in [2.05, 4.69) is 26.2 Å². The molecule has 1 amide bonds. The maximum Gasteiger partial charge on any atom is 0.407 e. The molecule has 5 rings (SSSR count).